The van der Waals surface area contributed by atoms with E-state index in [2.05, 4.69) is 10.3 Å². The van der Waals surface area contributed by atoms with Gasteiger partial charge in [-0.15, -0.1) is 11.3 Å². The monoisotopic (exact) mass is 347 g/mol. The largest absolute Gasteiger partial charge is 0.378 e. The molecule has 2 fully saturated rings. The van der Waals surface area contributed by atoms with Crippen molar-refractivity contribution in [2.45, 2.75) is 51.2 Å². The molecule has 2 heterocycles. The number of rotatable bonds is 4. The van der Waals surface area contributed by atoms with Gasteiger partial charge in [0.2, 0.25) is 0 Å². The average molecular weight is 347 g/mol. The number of amides is 1. The smallest absolute Gasteiger partial charge is 0.271 e. The number of thiazole rings is 1. The minimum Gasteiger partial charge on any atom is -0.378 e. The summed E-state index contributed by atoms with van der Waals surface area (Å²) in [4.78, 5) is 29.9. The highest BCUT2D eigenvalue weighted by atomic mass is 32.1. The molecule has 1 N–H and O–H groups in total. The van der Waals surface area contributed by atoms with Crippen molar-refractivity contribution >= 4 is 22.2 Å². The summed E-state index contributed by atoms with van der Waals surface area (Å²) < 4.78 is 7.30. The van der Waals surface area contributed by atoms with E-state index >= 15 is 0 Å². The molecule has 1 spiro atoms. The van der Waals surface area contributed by atoms with Gasteiger partial charge in [0.15, 0.2) is 4.96 Å². The Bertz CT molecular complexity index is 822. The molecular weight excluding hydrogens is 326 g/mol. The molecule has 0 radical (unpaired) electrons. The second-order valence-electron chi connectivity index (χ2n) is 6.68. The molecule has 0 aliphatic heterocycles. The van der Waals surface area contributed by atoms with Crippen molar-refractivity contribution in [3.05, 3.63) is 33.7 Å². The van der Waals surface area contributed by atoms with Gasteiger partial charge in [0.25, 0.3) is 11.5 Å². The fraction of sp³-hybridized carbons (Fsp3) is 0.588. The molecule has 24 heavy (non-hydrogen) atoms. The maximum atomic E-state index is 12.6. The number of hydrogen-bond donors (Lipinski definition) is 1. The molecule has 128 valence electrons. The number of ether oxygens (including phenoxy) is 1. The summed E-state index contributed by atoms with van der Waals surface area (Å²) in [6.07, 6.45) is 8.64. The minimum atomic E-state index is -0.320. The third-order valence-electron chi connectivity index (χ3n) is 5.58. The summed E-state index contributed by atoms with van der Waals surface area (Å²) >= 11 is 1.38. The molecule has 2 atom stereocenters. The summed E-state index contributed by atoms with van der Waals surface area (Å²) in [5, 5.41) is 4.87. The third kappa shape index (κ3) is 2.29. The lowest BCUT2D eigenvalue weighted by molar-refractivity contribution is -0.127. The molecule has 2 aromatic heterocycles. The summed E-state index contributed by atoms with van der Waals surface area (Å²) in [5.74, 6) is -0.320. The number of aromatic nitrogens is 2. The van der Waals surface area contributed by atoms with E-state index in [1.807, 2.05) is 6.92 Å². The van der Waals surface area contributed by atoms with Crippen LogP contribution in [0.1, 0.15) is 49.4 Å². The molecule has 0 saturated heterocycles. The fourth-order valence-electron chi connectivity index (χ4n) is 4.31. The van der Waals surface area contributed by atoms with Gasteiger partial charge in [-0.05, 0) is 26.2 Å². The van der Waals surface area contributed by atoms with Gasteiger partial charge in [0, 0.05) is 35.8 Å². The number of carbonyl (C=O) groups is 1. The van der Waals surface area contributed by atoms with Gasteiger partial charge in [-0.2, -0.15) is 0 Å². The van der Waals surface area contributed by atoms with Crippen molar-refractivity contribution in [3.8, 4) is 0 Å². The first-order valence-corrected chi connectivity index (χ1v) is 9.41. The molecule has 7 heteroatoms. The predicted octanol–water partition coefficient (Wildman–Crippen LogP) is 2.22. The summed E-state index contributed by atoms with van der Waals surface area (Å²) in [7, 11) is 0. The van der Waals surface area contributed by atoms with E-state index in [0.717, 1.165) is 19.3 Å². The van der Waals surface area contributed by atoms with Crippen molar-refractivity contribution in [1.82, 2.24) is 14.7 Å². The summed E-state index contributed by atoms with van der Waals surface area (Å²) in [5.41, 5.74) is -0.138. The molecule has 2 saturated carbocycles. The standard InChI is InChI=1S/C17H21N3O3S/c1-2-23-13-9-12(17(13)5-3-4-6-17)19-14(21)11-10-18-16-20(15(11)22)7-8-24-16/h7-8,10,12-13H,2-6,9H2,1H3,(H,19,21)/t12-,13+/m1/s1. The lowest BCUT2D eigenvalue weighted by Crippen LogP contribution is -2.64. The van der Waals surface area contributed by atoms with Crippen LogP contribution < -0.4 is 10.9 Å². The van der Waals surface area contributed by atoms with Crippen LogP contribution >= 0.6 is 11.3 Å². The number of hydrogen-bond acceptors (Lipinski definition) is 5. The van der Waals surface area contributed by atoms with Crippen LogP contribution in [0.5, 0.6) is 0 Å². The molecule has 0 unspecified atom stereocenters. The van der Waals surface area contributed by atoms with Crippen LogP contribution in [-0.4, -0.2) is 34.0 Å². The van der Waals surface area contributed by atoms with Gasteiger partial charge < -0.3 is 10.1 Å². The molecule has 0 aromatic carbocycles. The Morgan fingerprint density at radius 3 is 3.04 bits per heavy atom. The van der Waals surface area contributed by atoms with Gasteiger partial charge in [-0.3, -0.25) is 14.0 Å². The molecule has 1 amide bonds. The zero-order valence-corrected chi connectivity index (χ0v) is 14.5. The van der Waals surface area contributed by atoms with E-state index in [0.29, 0.717) is 11.6 Å². The molecule has 2 aliphatic rings. The van der Waals surface area contributed by atoms with E-state index in [9.17, 15) is 9.59 Å². The van der Waals surface area contributed by atoms with Crippen LogP contribution in [0.15, 0.2) is 22.6 Å². The highest BCUT2D eigenvalue weighted by Gasteiger charge is 2.57. The van der Waals surface area contributed by atoms with Crippen molar-refractivity contribution in [1.29, 1.82) is 0 Å². The highest BCUT2D eigenvalue weighted by molar-refractivity contribution is 7.15. The zero-order valence-electron chi connectivity index (χ0n) is 13.7. The summed E-state index contributed by atoms with van der Waals surface area (Å²) in [6.45, 7) is 2.71. The molecule has 2 aromatic rings. The van der Waals surface area contributed by atoms with Crippen LogP contribution in [0.25, 0.3) is 4.96 Å². The van der Waals surface area contributed by atoms with Crippen LogP contribution in [0, 0.1) is 5.41 Å². The van der Waals surface area contributed by atoms with Crippen LogP contribution in [0.2, 0.25) is 0 Å². The fourth-order valence-corrected chi connectivity index (χ4v) is 4.98. The Balaban J connectivity index is 1.55. The Labute approximate surface area is 143 Å². The van der Waals surface area contributed by atoms with E-state index in [1.165, 1.54) is 34.8 Å². The van der Waals surface area contributed by atoms with E-state index in [4.69, 9.17) is 4.74 Å². The lowest BCUT2D eigenvalue weighted by atomic mass is 9.60. The Kier molecular flexibility index (Phi) is 3.92. The predicted molar refractivity (Wildman–Crippen MR) is 91.5 cm³/mol. The zero-order chi connectivity index (χ0) is 16.7. The van der Waals surface area contributed by atoms with E-state index in [-0.39, 0.29) is 34.6 Å². The minimum absolute atomic E-state index is 0.0573. The maximum Gasteiger partial charge on any atom is 0.271 e. The van der Waals surface area contributed by atoms with Crippen molar-refractivity contribution < 1.29 is 9.53 Å². The van der Waals surface area contributed by atoms with Crippen LogP contribution in [0.4, 0.5) is 0 Å². The number of nitrogens with one attached hydrogen (secondary N) is 1. The van der Waals surface area contributed by atoms with Crippen LogP contribution in [0.3, 0.4) is 0 Å². The first-order valence-electron chi connectivity index (χ1n) is 8.53. The first-order chi connectivity index (χ1) is 11.7. The van der Waals surface area contributed by atoms with Crippen molar-refractivity contribution in [2.75, 3.05) is 6.61 Å². The van der Waals surface area contributed by atoms with E-state index < -0.39 is 0 Å². The third-order valence-corrected chi connectivity index (χ3v) is 6.35. The molecule has 6 nitrogen and oxygen atoms in total. The normalized spacial score (nSPS) is 25.0. The van der Waals surface area contributed by atoms with Gasteiger partial charge in [0.05, 0.1) is 6.10 Å². The maximum absolute atomic E-state index is 12.6. The van der Waals surface area contributed by atoms with Crippen LogP contribution in [-0.2, 0) is 4.74 Å². The Morgan fingerprint density at radius 2 is 2.29 bits per heavy atom. The number of nitrogens with zero attached hydrogens (tertiary/aromatic N) is 2. The van der Waals surface area contributed by atoms with Gasteiger partial charge in [-0.1, -0.05) is 12.8 Å². The Morgan fingerprint density at radius 1 is 1.50 bits per heavy atom. The molecule has 2 aliphatic carbocycles. The number of carbonyl (C=O) groups excluding carboxylic acids is 1. The highest BCUT2D eigenvalue weighted by Crippen LogP contribution is 2.54. The van der Waals surface area contributed by atoms with Crippen molar-refractivity contribution in [3.63, 3.8) is 0 Å². The molecular formula is C17H21N3O3S. The quantitative estimate of drug-likeness (QED) is 0.920. The molecule has 4 rings (SSSR count). The second kappa shape index (κ2) is 5.97. The average Bonchev–Trinajstić information content (AvgIpc) is 3.25. The van der Waals surface area contributed by atoms with Gasteiger partial charge in [0.1, 0.15) is 5.56 Å². The van der Waals surface area contributed by atoms with Crippen molar-refractivity contribution in [2.24, 2.45) is 5.41 Å². The van der Waals surface area contributed by atoms with Gasteiger partial charge >= 0.3 is 0 Å². The summed E-state index contributed by atoms with van der Waals surface area (Å²) in [6, 6.07) is 0.0895. The number of fused-ring (bicyclic) bond motifs is 1. The van der Waals surface area contributed by atoms with E-state index in [1.54, 1.807) is 11.6 Å². The molecule has 0 bridgehead atoms. The lowest BCUT2D eigenvalue weighted by Gasteiger charge is -2.54. The van der Waals surface area contributed by atoms with Gasteiger partial charge in [-0.25, -0.2) is 4.98 Å². The first kappa shape index (κ1) is 15.8. The SMILES string of the molecule is CCO[C@H]1C[C@@H](NC(=O)c2cnc3sccn3c2=O)C12CCCC2. The Hall–Kier alpha value is -1.73. The topological polar surface area (TPSA) is 72.7 Å². The second-order valence-corrected chi connectivity index (χ2v) is 7.55.